The summed E-state index contributed by atoms with van der Waals surface area (Å²) in [7, 11) is 3.86. The highest BCUT2D eigenvalue weighted by Gasteiger charge is 2.33. The molecule has 4 aromatic carbocycles. The third kappa shape index (κ3) is 7.11. The van der Waals surface area contributed by atoms with E-state index < -0.39 is 17.6 Å². The van der Waals surface area contributed by atoms with E-state index in [-0.39, 0.29) is 11.1 Å². The number of amides is 1. The number of carbonyl (C=O) groups excluding carboxylic acids is 1. The lowest BCUT2D eigenvalue weighted by molar-refractivity contribution is -0.137. The number of halogens is 3. The van der Waals surface area contributed by atoms with Crippen molar-refractivity contribution in [1.29, 1.82) is 0 Å². The van der Waals surface area contributed by atoms with E-state index in [0.29, 0.717) is 41.4 Å². The molecular formula is C40H36F3N7O. The fourth-order valence-electron chi connectivity index (χ4n) is 6.55. The zero-order valence-corrected chi connectivity index (χ0v) is 28.3. The molecule has 6 aromatic rings. The largest absolute Gasteiger partial charge is 0.417 e. The van der Waals surface area contributed by atoms with Crippen LogP contribution in [0.25, 0.3) is 28.0 Å². The van der Waals surface area contributed by atoms with E-state index in [0.717, 1.165) is 37.0 Å². The van der Waals surface area contributed by atoms with Crippen LogP contribution >= 0.6 is 0 Å². The third-order valence-electron chi connectivity index (χ3n) is 9.08. The number of hydrogen-bond donors (Lipinski definition) is 0. The SMILES string of the molecule is CN(C)c1ccccc1C=NC(=O)c1c(N2CCN(Cc3ccccc3)CC2)nn2c(-c3cccc(-c4ccccc4C(F)(F)F)c3)ccnc12. The van der Waals surface area contributed by atoms with E-state index in [4.69, 9.17) is 5.10 Å². The molecule has 51 heavy (non-hydrogen) atoms. The predicted octanol–water partition coefficient (Wildman–Crippen LogP) is 7.73. The zero-order valence-electron chi connectivity index (χ0n) is 28.3. The van der Waals surface area contributed by atoms with Crippen molar-refractivity contribution in [2.75, 3.05) is 50.1 Å². The van der Waals surface area contributed by atoms with Crippen LogP contribution in [-0.4, -0.2) is 71.9 Å². The van der Waals surface area contributed by atoms with Gasteiger partial charge in [-0.3, -0.25) is 9.69 Å². The standard InChI is InChI=1S/C40H36F3N7O/c1-47(2)34-18-9-6-13-31(34)26-45-39(51)36-37-44-20-19-35(30-15-10-14-29(25-30)32-16-7-8-17-33(32)40(41,42)43)50(37)46-38(36)49-23-21-48(22-24-49)27-28-11-4-3-5-12-28/h3-20,25-26H,21-24,27H2,1-2H3. The molecule has 7 rings (SSSR count). The fourth-order valence-corrected chi connectivity index (χ4v) is 6.55. The van der Waals surface area contributed by atoms with Crippen molar-refractivity contribution in [3.63, 3.8) is 0 Å². The smallest absolute Gasteiger partial charge is 0.377 e. The van der Waals surface area contributed by atoms with Crippen LogP contribution in [0.3, 0.4) is 0 Å². The van der Waals surface area contributed by atoms with Crippen molar-refractivity contribution in [2.45, 2.75) is 12.7 Å². The summed E-state index contributed by atoms with van der Waals surface area (Å²) in [4.78, 5) is 29.6. The molecule has 8 nitrogen and oxygen atoms in total. The van der Waals surface area contributed by atoms with Crippen LogP contribution in [0.2, 0.25) is 0 Å². The van der Waals surface area contributed by atoms with Crippen molar-refractivity contribution in [3.8, 4) is 22.4 Å². The van der Waals surface area contributed by atoms with E-state index in [9.17, 15) is 18.0 Å². The summed E-state index contributed by atoms with van der Waals surface area (Å²) in [5.74, 6) is -0.0197. The van der Waals surface area contributed by atoms with Crippen molar-refractivity contribution >= 4 is 29.3 Å². The van der Waals surface area contributed by atoms with Crippen LogP contribution < -0.4 is 9.80 Å². The van der Waals surface area contributed by atoms with E-state index in [1.165, 1.54) is 17.7 Å². The van der Waals surface area contributed by atoms with Gasteiger partial charge in [0.25, 0.3) is 5.91 Å². The van der Waals surface area contributed by atoms with Gasteiger partial charge in [-0.1, -0.05) is 84.9 Å². The van der Waals surface area contributed by atoms with Gasteiger partial charge in [0.2, 0.25) is 0 Å². The summed E-state index contributed by atoms with van der Waals surface area (Å²) in [6.07, 6.45) is -1.36. The topological polar surface area (TPSA) is 69.3 Å². The number of alkyl halides is 3. The maximum Gasteiger partial charge on any atom is 0.417 e. The maximum atomic E-state index is 14.1. The van der Waals surface area contributed by atoms with Crippen molar-refractivity contribution in [3.05, 3.63) is 138 Å². The first-order chi connectivity index (χ1) is 24.7. The minimum Gasteiger partial charge on any atom is -0.377 e. The summed E-state index contributed by atoms with van der Waals surface area (Å²) >= 11 is 0. The van der Waals surface area contributed by atoms with Gasteiger partial charge < -0.3 is 9.80 Å². The van der Waals surface area contributed by atoms with Gasteiger partial charge in [-0.15, -0.1) is 5.10 Å². The number of fused-ring (bicyclic) bond motifs is 1. The fraction of sp³-hybridized carbons (Fsp3) is 0.200. The van der Waals surface area contributed by atoms with Crippen LogP contribution in [0.4, 0.5) is 24.7 Å². The molecule has 0 saturated carbocycles. The molecule has 0 atom stereocenters. The second-order valence-electron chi connectivity index (χ2n) is 12.7. The van der Waals surface area contributed by atoms with Crippen LogP contribution in [0, 0.1) is 0 Å². The molecule has 0 radical (unpaired) electrons. The monoisotopic (exact) mass is 687 g/mol. The van der Waals surface area contributed by atoms with Gasteiger partial charge in [0.1, 0.15) is 5.56 Å². The number of carbonyl (C=O) groups is 1. The number of aromatic nitrogens is 3. The first-order valence-electron chi connectivity index (χ1n) is 16.7. The molecule has 1 saturated heterocycles. The summed E-state index contributed by atoms with van der Waals surface area (Å²) in [5, 5.41) is 4.98. The number of benzene rings is 4. The van der Waals surface area contributed by atoms with Crippen molar-refractivity contribution in [2.24, 2.45) is 4.99 Å². The molecule has 0 unspecified atom stereocenters. The molecule has 1 fully saturated rings. The number of hydrogen-bond acceptors (Lipinski definition) is 6. The zero-order chi connectivity index (χ0) is 35.5. The lowest BCUT2D eigenvalue weighted by Gasteiger charge is -2.35. The van der Waals surface area contributed by atoms with Crippen molar-refractivity contribution < 1.29 is 18.0 Å². The highest BCUT2D eigenvalue weighted by Crippen LogP contribution is 2.38. The minimum atomic E-state index is -4.51. The van der Waals surface area contributed by atoms with E-state index in [2.05, 4.69) is 31.9 Å². The molecule has 1 amide bonds. The number of para-hydroxylation sites is 1. The Bertz CT molecular complexity index is 2200. The van der Waals surface area contributed by atoms with Gasteiger partial charge in [0, 0.05) is 76.0 Å². The Balaban J connectivity index is 1.29. The Morgan fingerprint density at radius 1 is 0.843 bits per heavy atom. The number of nitrogens with zero attached hydrogens (tertiary/aromatic N) is 7. The van der Waals surface area contributed by atoms with Gasteiger partial charge in [0.15, 0.2) is 11.5 Å². The van der Waals surface area contributed by atoms with E-state index >= 15 is 0 Å². The second kappa shape index (κ2) is 14.2. The third-order valence-corrected chi connectivity index (χ3v) is 9.08. The number of piperazine rings is 1. The molecule has 1 aliphatic heterocycles. The average molecular weight is 688 g/mol. The van der Waals surface area contributed by atoms with Crippen LogP contribution in [-0.2, 0) is 12.7 Å². The Labute approximate surface area is 294 Å². The molecule has 0 aliphatic carbocycles. The molecule has 0 spiro atoms. The van der Waals surface area contributed by atoms with Gasteiger partial charge in [-0.25, -0.2) is 14.5 Å². The Morgan fingerprint density at radius 2 is 1.55 bits per heavy atom. The maximum absolute atomic E-state index is 14.1. The number of rotatable bonds is 8. The normalized spacial score (nSPS) is 14.0. The first kappa shape index (κ1) is 33.7. The minimum absolute atomic E-state index is 0.0786. The van der Waals surface area contributed by atoms with Crippen LogP contribution in [0.15, 0.2) is 120 Å². The molecule has 1 aliphatic rings. The van der Waals surface area contributed by atoms with Crippen LogP contribution in [0.1, 0.15) is 27.0 Å². The molecule has 3 heterocycles. The summed E-state index contributed by atoms with van der Waals surface area (Å²) in [6.45, 7) is 3.60. The lowest BCUT2D eigenvalue weighted by atomic mass is 9.97. The Morgan fingerprint density at radius 3 is 2.31 bits per heavy atom. The summed E-state index contributed by atoms with van der Waals surface area (Å²) in [5.41, 5.74) is 4.50. The molecule has 0 bridgehead atoms. The summed E-state index contributed by atoms with van der Waals surface area (Å²) < 4.78 is 43.5. The number of anilines is 2. The predicted molar refractivity (Wildman–Crippen MR) is 195 cm³/mol. The van der Waals surface area contributed by atoms with E-state index in [1.54, 1.807) is 47.3 Å². The molecule has 11 heteroatoms. The van der Waals surface area contributed by atoms with Gasteiger partial charge in [-0.05, 0) is 41.0 Å². The molecular weight excluding hydrogens is 651 g/mol. The average Bonchev–Trinajstić information content (AvgIpc) is 3.54. The molecule has 258 valence electrons. The first-order valence-corrected chi connectivity index (χ1v) is 16.7. The van der Waals surface area contributed by atoms with Crippen LogP contribution in [0.5, 0.6) is 0 Å². The lowest BCUT2D eigenvalue weighted by Crippen LogP contribution is -2.46. The Kier molecular flexibility index (Phi) is 9.38. The molecule has 0 N–H and O–H groups in total. The van der Waals surface area contributed by atoms with Crippen molar-refractivity contribution in [1.82, 2.24) is 19.5 Å². The van der Waals surface area contributed by atoms with Gasteiger partial charge in [0.05, 0.1) is 11.3 Å². The Hall–Kier alpha value is -5.81. The quantitative estimate of drug-likeness (QED) is 0.153. The highest BCUT2D eigenvalue weighted by atomic mass is 19.4. The summed E-state index contributed by atoms with van der Waals surface area (Å²) in [6, 6.07) is 32.2. The van der Waals surface area contributed by atoms with Gasteiger partial charge in [-0.2, -0.15) is 13.2 Å². The van der Waals surface area contributed by atoms with E-state index in [1.807, 2.05) is 67.5 Å². The number of aliphatic imine (C=N–C) groups is 1. The highest BCUT2D eigenvalue weighted by molar-refractivity contribution is 6.10. The van der Waals surface area contributed by atoms with Gasteiger partial charge >= 0.3 is 6.18 Å². The second-order valence-corrected chi connectivity index (χ2v) is 12.7. The molecule has 2 aromatic heterocycles.